The molecular weight excluding hydrogens is 436 g/mol. The molecule has 2 saturated heterocycles. The highest BCUT2D eigenvalue weighted by Crippen LogP contribution is 2.56. The van der Waals surface area contributed by atoms with Gasteiger partial charge in [0.2, 0.25) is 6.43 Å². The van der Waals surface area contributed by atoms with Gasteiger partial charge in [-0.15, -0.1) is 0 Å². The summed E-state index contributed by atoms with van der Waals surface area (Å²) in [7, 11) is 0. The number of halogens is 2. The maximum Gasteiger partial charge on any atom is 0.320 e. The van der Waals surface area contributed by atoms with E-state index in [4.69, 9.17) is 4.98 Å². The molecule has 5 aliphatic rings. The van der Waals surface area contributed by atoms with Crippen molar-refractivity contribution < 1.29 is 13.6 Å². The minimum atomic E-state index is -2.19. The highest BCUT2D eigenvalue weighted by Gasteiger charge is 2.56. The van der Waals surface area contributed by atoms with Crippen molar-refractivity contribution in [3.05, 3.63) is 47.0 Å². The minimum Gasteiger partial charge on any atom is -0.323 e. The Kier molecular flexibility index (Phi) is 4.59. The van der Waals surface area contributed by atoms with Crippen molar-refractivity contribution >= 4 is 6.03 Å². The zero-order chi connectivity index (χ0) is 23.0. The highest BCUT2D eigenvalue weighted by molar-refractivity contribution is 5.77. The fraction of sp³-hybridized carbons (Fsp3) is 0.654. The summed E-state index contributed by atoms with van der Waals surface area (Å²) < 4.78 is 25.4. The van der Waals surface area contributed by atoms with E-state index in [9.17, 15) is 13.6 Å². The molecule has 180 valence electrons. The van der Waals surface area contributed by atoms with Gasteiger partial charge in [-0.1, -0.05) is 24.3 Å². The van der Waals surface area contributed by atoms with E-state index in [2.05, 4.69) is 34.5 Å². The fourth-order valence-corrected chi connectivity index (χ4v) is 6.56. The molecule has 0 unspecified atom stereocenters. The number of aromatic amines is 1. The molecule has 1 aromatic carbocycles. The number of urea groups is 1. The highest BCUT2D eigenvalue weighted by atomic mass is 19.3. The number of benzene rings is 1. The van der Waals surface area contributed by atoms with E-state index in [1.54, 1.807) is 0 Å². The van der Waals surface area contributed by atoms with Gasteiger partial charge < -0.3 is 9.80 Å². The monoisotopic (exact) mass is 467 g/mol. The van der Waals surface area contributed by atoms with E-state index in [-0.39, 0.29) is 17.4 Å². The standard InChI is InChI=1S/C26H31F2N5O/c27-22(28)19-7-18(8-19)15-1-3-16(4-2-15)21-11-32(12-21)25(34)33-13-26(14-33)9-20(10-26)24-29-23(30-31-24)17-5-6-17/h1-4,17-22H,5-14H2,(H,29,30,31). The molecule has 1 aromatic heterocycles. The molecule has 3 heterocycles. The van der Waals surface area contributed by atoms with Crippen LogP contribution in [0.5, 0.6) is 0 Å². The lowest BCUT2D eigenvalue weighted by atomic mass is 9.57. The molecule has 0 atom stereocenters. The summed E-state index contributed by atoms with van der Waals surface area (Å²) >= 11 is 0. The number of carbonyl (C=O) groups excluding carboxylic acids is 1. The van der Waals surface area contributed by atoms with Gasteiger partial charge in [-0.25, -0.2) is 18.6 Å². The van der Waals surface area contributed by atoms with E-state index in [0.717, 1.165) is 50.7 Å². The topological polar surface area (TPSA) is 65.1 Å². The number of aromatic nitrogens is 3. The number of rotatable bonds is 5. The zero-order valence-electron chi connectivity index (χ0n) is 19.3. The largest absolute Gasteiger partial charge is 0.323 e. The third-order valence-electron chi connectivity index (χ3n) is 9.09. The molecule has 8 heteroatoms. The smallest absolute Gasteiger partial charge is 0.320 e. The number of nitrogens with one attached hydrogen (secondary N) is 1. The van der Waals surface area contributed by atoms with Crippen molar-refractivity contribution in [2.45, 2.75) is 68.6 Å². The third-order valence-corrected chi connectivity index (χ3v) is 9.09. The second kappa shape index (κ2) is 7.49. The molecule has 1 spiro atoms. The first kappa shape index (κ1) is 20.8. The summed E-state index contributed by atoms with van der Waals surface area (Å²) in [6, 6.07) is 8.62. The number of hydrogen-bond acceptors (Lipinski definition) is 3. The van der Waals surface area contributed by atoms with Gasteiger partial charge in [0, 0.05) is 55.3 Å². The second-order valence-corrected chi connectivity index (χ2v) is 11.6. The molecule has 3 aliphatic carbocycles. The molecule has 3 saturated carbocycles. The predicted octanol–water partition coefficient (Wildman–Crippen LogP) is 4.84. The summed E-state index contributed by atoms with van der Waals surface area (Å²) in [6.45, 7) is 3.25. The van der Waals surface area contributed by atoms with Crippen LogP contribution in [-0.4, -0.2) is 63.6 Å². The van der Waals surface area contributed by atoms with Gasteiger partial charge in [-0.3, -0.25) is 5.10 Å². The number of likely N-dealkylation sites (tertiary alicyclic amines) is 2. The van der Waals surface area contributed by atoms with Crippen LogP contribution >= 0.6 is 0 Å². The van der Waals surface area contributed by atoms with Gasteiger partial charge in [0.05, 0.1) is 0 Å². The summed E-state index contributed by atoms with van der Waals surface area (Å²) in [5, 5.41) is 7.56. The van der Waals surface area contributed by atoms with E-state index < -0.39 is 12.3 Å². The molecule has 6 nitrogen and oxygen atoms in total. The minimum absolute atomic E-state index is 0.170. The number of alkyl halides is 2. The van der Waals surface area contributed by atoms with Gasteiger partial charge in [-0.2, -0.15) is 5.10 Å². The molecule has 2 aliphatic heterocycles. The van der Waals surface area contributed by atoms with Crippen LogP contribution in [-0.2, 0) is 0 Å². The zero-order valence-corrected chi connectivity index (χ0v) is 19.3. The van der Waals surface area contributed by atoms with Gasteiger partial charge in [0.1, 0.15) is 5.82 Å². The number of amides is 2. The molecule has 7 rings (SSSR count). The first-order valence-corrected chi connectivity index (χ1v) is 12.8. The Labute approximate surface area is 198 Å². The van der Waals surface area contributed by atoms with Crippen LogP contribution in [0.1, 0.15) is 85.0 Å². The Morgan fingerprint density at radius 2 is 1.59 bits per heavy atom. The van der Waals surface area contributed by atoms with Crippen molar-refractivity contribution in [3.8, 4) is 0 Å². The molecule has 2 amide bonds. The van der Waals surface area contributed by atoms with Crippen LogP contribution in [0, 0.1) is 11.3 Å². The van der Waals surface area contributed by atoms with Gasteiger partial charge in [0.15, 0.2) is 5.82 Å². The van der Waals surface area contributed by atoms with Crippen molar-refractivity contribution in [3.63, 3.8) is 0 Å². The van der Waals surface area contributed by atoms with Crippen LogP contribution in [0.3, 0.4) is 0 Å². The molecular formula is C26H31F2N5O. The van der Waals surface area contributed by atoms with Crippen LogP contribution in [0.15, 0.2) is 24.3 Å². The lowest BCUT2D eigenvalue weighted by Crippen LogP contribution is -2.67. The van der Waals surface area contributed by atoms with Crippen LogP contribution < -0.4 is 0 Å². The Morgan fingerprint density at radius 1 is 0.941 bits per heavy atom. The van der Waals surface area contributed by atoms with Crippen molar-refractivity contribution in [2.24, 2.45) is 11.3 Å². The maximum absolute atomic E-state index is 12.9. The van der Waals surface area contributed by atoms with E-state index >= 15 is 0 Å². The number of nitrogens with zero attached hydrogens (tertiary/aromatic N) is 4. The van der Waals surface area contributed by atoms with E-state index in [0.29, 0.717) is 30.6 Å². The van der Waals surface area contributed by atoms with Crippen molar-refractivity contribution in [2.75, 3.05) is 26.2 Å². The number of H-pyrrole nitrogens is 1. The SMILES string of the molecule is O=C(N1CC(c2ccc(C3CC(C(F)F)C3)cc2)C1)N1CC2(CC(c3n[nH]c(C4CC4)n3)C2)C1. The Hall–Kier alpha value is -2.51. The van der Waals surface area contributed by atoms with Crippen LogP contribution in [0.25, 0.3) is 0 Å². The molecule has 34 heavy (non-hydrogen) atoms. The van der Waals surface area contributed by atoms with E-state index in [1.165, 1.54) is 24.0 Å². The Morgan fingerprint density at radius 3 is 2.21 bits per heavy atom. The lowest BCUT2D eigenvalue weighted by molar-refractivity contribution is -0.0601. The average molecular weight is 468 g/mol. The number of carbonyl (C=O) groups is 1. The number of hydrogen-bond donors (Lipinski definition) is 1. The van der Waals surface area contributed by atoms with Crippen molar-refractivity contribution in [1.82, 2.24) is 25.0 Å². The van der Waals surface area contributed by atoms with Crippen LogP contribution in [0.4, 0.5) is 13.6 Å². The Balaban J connectivity index is 0.861. The van der Waals surface area contributed by atoms with Gasteiger partial charge in [-0.05, 0) is 55.6 Å². The molecule has 5 fully saturated rings. The molecule has 0 bridgehead atoms. The summed E-state index contributed by atoms with van der Waals surface area (Å²) in [6.07, 6.45) is 3.65. The summed E-state index contributed by atoms with van der Waals surface area (Å²) in [5.41, 5.74) is 2.70. The first-order chi connectivity index (χ1) is 16.5. The van der Waals surface area contributed by atoms with E-state index in [1.807, 2.05) is 9.80 Å². The first-order valence-electron chi connectivity index (χ1n) is 12.8. The predicted molar refractivity (Wildman–Crippen MR) is 122 cm³/mol. The third kappa shape index (κ3) is 3.43. The fourth-order valence-electron chi connectivity index (χ4n) is 6.56. The molecule has 2 aromatic rings. The average Bonchev–Trinajstić information content (AvgIpc) is 3.42. The van der Waals surface area contributed by atoms with Crippen LogP contribution in [0.2, 0.25) is 0 Å². The maximum atomic E-state index is 12.9. The Bertz CT molecular complexity index is 1070. The normalized spacial score (nSPS) is 28.4. The molecule has 1 N–H and O–H groups in total. The van der Waals surface area contributed by atoms with Crippen molar-refractivity contribution in [1.29, 1.82) is 0 Å². The molecule has 0 radical (unpaired) electrons. The lowest BCUT2D eigenvalue weighted by Gasteiger charge is -2.59. The second-order valence-electron chi connectivity index (χ2n) is 11.6. The summed E-state index contributed by atoms with van der Waals surface area (Å²) in [4.78, 5) is 21.5. The van der Waals surface area contributed by atoms with Gasteiger partial charge >= 0.3 is 6.03 Å². The quantitative estimate of drug-likeness (QED) is 0.684. The summed E-state index contributed by atoms with van der Waals surface area (Å²) in [5.74, 6) is 3.31. The van der Waals surface area contributed by atoms with Gasteiger partial charge in [0.25, 0.3) is 0 Å².